The van der Waals surface area contributed by atoms with E-state index in [0.717, 1.165) is 56.6 Å². The van der Waals surface area contributed by atoms with Gasteiger partial charge in [-0.1, -0.05) is 68.1 Å². The molecule has 8 heteroatoms. The molecule has 2 aliphatic heterocycles. The first-order chi connectivity index (χ1) is 20.1. The van der Waals surface area contributed by atoms with E-state index in [4.69, 9.17) is 5.73 Å². The summed E-state index contributed by atoms with van der Waals surface area (Å²) >= 11 is 0. The maximum Gasteiger partial charge on any atom is 0.329 e. The first-order valence-corrected chi connectivity index (χ1v) is 15.8. The van der Waals surface area contributed by atoms with Gasteiger partial charge in [-0.3, -0.25) is 23.7 Å². The number of benzene rings is 2. The van der Waals surface area contributed by atoms with Crippen LogP contribution in [0, 0.1) is 0 Å². The predicted molar refractivity (Wildman–Crippen MR) is 164 cm³/mol. The molecule has 2 N–H and O–H groups in total. The van der Waals surface area contributed by atoms with E-state index in [2.05, 4.69) is 62.9 Å². The van der Waals surface area contributed by atoms with Crippen LogP contribution in [0.15, 0.2) is 59.4 Å². The second-order valence-electron chi connectivity index (χ2n) is 12.2. The molecule has 1 aromatic heterocycles. The molecule has 1 amide bonds. The number of amides is 1. The van der Waals surface area contributed by atoms with Crippen LogP contribution in [0.25, 0.3) is 11.0 Å². The molecule has 3 aromatic rings. The monoisotopic (exact) mass is 558 g/mol. The standard InChI is InChI=1S/C33H46N6O2/c34-26-31(40)36-23-20-35(21-24-36)22-25-38-29-12-6-7-13-30(29)39(32(38)41)28-14-18-37(19-15-28)33(16-8-1-2-9-17-33)27-10-4-3-5-11-27/h3-7,10-13,28H,1-2,8-9,14-26,34H2. The summed E-state index contributed by atoms with van der Waals surface area (Å²) in [6.45, 7) is 6.63. The zero-order valence-electron chi connectivity index (χ0n) is 24.4. The van der Waals surface area contributed by atoms with Gasteiger partial charge in [0.1, 0.15) is 0 Å². The number of nitrogens with zero attached hydrogens (tertiary/aromatic N) is 5. The van der Waals surface area contributed by atoms with E-state index in [-0.39, 0.29) is 29.7 Å². The highest BCUT2D eigenvalue weighted by Gasteiger charge is 2.40. The molecule has 0 atom stereocenters. The number of likely N-dealkylation sites (tertiary alicyclic amines) is 1. The Morgan fingerprint density at radius 1 is 0.780 bits per heavy atom. The fourth-order valence-corrected chi connectivity index (χ4v) is 7.79. The van der Waals surface area contributed by atoms with Gasteiger partial charge in [-0.25, -0.2) is 4.79 Å². The highest BCUT2D eigenvalue weighted by atomic mass is 16.2. The van der Waals surface area contributed by atoms with E-state index in [1.807, 2.05) is 15.5 Å². The molecular formula is C33H46N6O2. The number of hydrogen-bond acceptors (Lipinski definition) is 5. The van der Waals surface area contributed by atoms with Crippen molar-refractivity contribution < 1.29 is 4.79 Å². The van der Waals surface area contributed by atoms with Gasteiger partial charge in [-0.05, 0) is 43.4 Å². The van der Waals surface area contributed by atoms with Gasteiger partial charge in [-0.2, -0.15) is 0 Å². The topological polar surface area (TPSA) is 79.7 Å². The molecule has 3 heterocycles. The number of para-hydroxylation sites is 2. The third kappa shape index (κ3) is 5.62. The first-order valence-electron chi connectivity index (χ1n) is 15.8. The first kappa shape index (κ1) is 28.2. The van der Waals surface area contributed by atoms with Crippen LogP contribution in [0.5, 0.6) is 0 Å². The molecule has 6 rings (SSSR count). The van der Waals surface area contributed by atoms with Crippen LogP contribution in [0.3, 0.4) is 0 Å². The number of nitrogens with two attached hydrogens (primary N) is 1. The van der Waals surface area contributed by atoms with Gasteiger partial charge in [-0.15, -0.1) is 0 Å². The van der Waals surface area contributed by atoms with E-state index < -0.39 is 0 Å². The minimum Gasteiger partial charge on any atom is -0.339 e. The number of piperidine rings is 1. The average Bonchev–Trinajstić information content (AvgIpc) is 3.15. The molecule has 2 aromatic carbocycles. The van der Waals surface area contributed by atoms with Crippen molar-refractivity contribution in [3.05, 3.63) is 70.6 Å². The van der Waals surface area contributed by atoms with Crippen molar-refractivity contribution in [2.24, 2.45) is 5.73 Å². The van der Waals surface area contributed by atoms with Gasteiger partial charge in [0.05, 0.1) is 17.6 Å². The van der Waals surface area contributed by atoms with Crippen molar-refractivity contribution in [3.8, 4) is 0 Å². The van der Waals surface area contributed by atoms with Gasteiger partial charge in [0.25, 0.3) is 0 Å². The molecule has 0 bridgehead atoms. The summed E-state index contributed by atoms with van der Waals surface area (Å²) in [5.41, 5.74) is 9.35. The smallest absolute Gasteiger partial charge is 0.329 e. The fraction of sp³-hybridized carbons (Fsp3) is 0.576. The van der Waals surface area contributed by atoms with Crippen LogP contribution in [-0.2, 0) is 16.9 Å². The number of hydrogen-bond donors (Lipinski definition) is 1. The van der Waals surface area contributed by atoms with Crippen LogP contribution >= 0.6 is 0 Å². The molecule has 1 saturated carbocycles. The summed E-state index contributed by atoms with van der Waals surface area (Å²) in [4.78, 5) is 32.9. The normalized spacial score (nSPS) is 21.2. The van der Waals surface area contributed by atoms with Crippen LogP contribution in [0.4, 0.5) is 0 Å². The van der Waals surface area contributed by atoms with E-state index in [1.54, 1.807) is 0 Å². The molecule has 0 spiro atoms. The van der Waals surface area contributed by atoms with Gasteiger partial charge >= 0.3 is 5.69 Å². The van der Waals surface area contributed by atoms with Gasteiger partial charge in [0.2, 0.25) is 5.91 Å². The second-order valence-corrected chi connectivity index (χ2v) is 12.2. The summed E-state index contributed by atoms with van der Waals surface area (Å²) in [6.07, 6.45) is 9.72. The Morgan fingerprint density at radius 2 is 1.41 bits per heavy atom. The Morgan fingerprint density at radius 3 is 2.07 bits per heavy atom. The number of piperazine rings is 1. The van der Waals surface area contributed by atoms with E-state index in [1.165, 1.54) is 44.1 Å². The number of carbonyl (C=O) groups excluding carboxylic acids is 1. The van der Waals surface area contributed by atoms with Crippen molar-refractivity contribution >= 4 is 16.9 Å². The minimum atomic E-state index is 0.0173. The quantitative estimate of drug-likeness (QED) is 0.447. The molecule has 8 nitrogen and oxygen atoms in total. The largest absolute Gasteiger partial charge is 0.339 e. The molecule has 2 saturated heterocycles. The molecule has 0 unspecified atom stereocenters. The SMILES string of the molecule is NCC(=O)N1CCN(CCn2c(=O)n(C3CCN(C4(c5ccccc5)CCCCCC4)CC3)c3ccccc32)CC1. The van der Waals surface area contributed by atoms with E-state index in [9.17, 15) is 9.59 Å². The number of carbonyl (C=O) groups is 1. The van der Waals surface area contributed by atoms with Crippen LogP contribution in [0.1, 0.15) is 63.0 Å². The summed E-state index contributed by atoms with van der Waals surface area (Å²) in [5, 5.41) is 0. The molecule has 0 radical (unpaired) electrons. The van der Waals surface area contributed by atoms with Crippen molar-refractivity contribution in [1.29, 1.82) is 0 Å². The fourth-order valence-electron chi connectivity index (χ4n) is 7.79. The molecule has 220 valence electrons. The molecule has 3 fully saturated rings. The Hall–Kier alpha value is -2.94. The number of imidazole rings is 1. The maximum absolute atomic E-state index is 14.0. The number of fused-ring (bicyclic) bond motifs is 1. The highest BCUT2D eigenvalue weighted by molar-refractivity contribution is 5.78. The Labute approximate surface area is 243 Å². The average molecular weight is 559 g/mol. The van der Waals surface area contributed by atoms with Crippen molar-refractivity contribution in [2.45, 2.75) is 69.5 Å². The minimum absolute atomic E-state index is 0.0173. The summed E-state index contributed by atoms with van der Waals surface area (Å²) in [5.74, 6) is 0.0173. The third-order valence-electron chi connectivity index (χ3n) is 10.1. The molecule has 1 aliphatic carbocycles. The lowest BCUT2D eigenvalue weighted by molar-refractivity contribution is -0.131. The lowest BCUT2D eigenvalue weighted by Crippen LogP contribution is -2.51. The van der Waals surface area contributed by atoms with Gasteiger partial charge in [0, 0.05) is 63.9 Å². The predicted octanol–water partition coefficient (Wildman–Crippen LogP) is 3.79. The van der Waals surface area contributed by atoms with Gasteiger partial charge < -0.3 is 10.6 Å². The zero-order chi connectivity index (χ0) is 28.2. The Balaban J connectivity index is 1.18. The maximum atomic E-state index is 14.0. The summed E-state index contributed by atoms with van der Waals surface area (Å²) in [7, 11) is 0. The van der Waals surface area contributed by atoms with Crippen LogP contribution in [0.2, 0.25) is 0 Å². The van der Waals surface area contributed by atoms with Crippen molar-refractivity contribution in [2.75, 3.05) is 52.4 Å². The second kappa shape index (κ2) is 12.5. The van der Waals surface area contributed by atoms with Crippen molar-refractivity contribution in [1.82, 2.24) is 23.8 Å². The summed E-state index contributed by atoms with van der Waals surface area (Å²) in [6, 6.07) is 19.7. The lowest BCUT2D eigenvalue weighted by Gasteiger charge is -2.47. The molecule has 3 aliphatic rings. The number of aromatic nitrogens is 2. The summed E-state index contributed by atoms with van der Waals surface area (Å²) < 4.78 is 4.09. The van der Waals surface area contributed by atoms with Crippen molar-refractivity contribution in [3.63, 3.8) is 0 Å². The van der Waals surface area contributed by atoms with Crippen LogP contribution in [-0.4, -0.2) is 82.1 Å². The van der Waals surface area contributed by atoms with E-state index in [0.29, 0.717) is 19.6 Å². The van der Waals surface area contributed by atoms with E-state index >= 15 is 0 Å². The molecular weight excluding hydrogens is 512 g/mol. The lowest BCUT2D eigenvalue weighted by atomic mass is 9.79. The number of rotatable bonds is 7. The highest BCUT2D eigenvalue weighted by Crippen LogP contribution is 2.43. The Kier molecular flexibility index (Phi) is 8.60. The van der Waals surface area contributed by atoms with Gasteiger partial charge in [0.15, 0.2) is 0 Å². The third-order valence-corrected chi connectivity index (χ3v) is 10.1. The Bertz CT molecular complexity index is 1360. The van der Waals surface area contributed by atoms with Crippen LogP contribution < -0.4 is 11.4 Å². The molecule has 41 heavy (non-hydrogen) atoms. The zero-order valence-corrected chi connectivity index (χ0v) is 24.4.